The normalized spacial score (nSPS) is 15.9. The van der Waals surface area contributed by atoms with Gasteiger partial charge in [0.15, 0.2) is 11.5 Å². The first-order valence-corrected chi connectivity index (χ1v) is 5.72. The van der Waals surface area contributed by atoms with E-state index in [1.54, 1.807) is 0 Å². The summed E-state index contributed by atoms with van der Waals surface area (Å²) in [6, 6.07) is 16.0. The van der Waals surface area contributed by atoms with Gasteiger partial charge in [0.1, 0.15) is 0 Å². The van der Waals surface area contributed by atoms with Gasteiger partial charge in [0.2, 0.25) is 0 Å². The Morgan fingerprint density at radius 3 is 1.88 bits per heavy atom. The second kappa shape index (κ2) is 3.52. The smallest absolute Gasteiger partial charge is 0.275 e. The Hall–Kier alpha value is -1.96. The van der Waals surface area contributed by atoms with Gasteiger partial charge >= 0.3 is 0 Å². The molecule has 0 saturated heterocycles. The molecule has 0 saturated carbocycles. The lowest BCUT2D eigenvalue weighted by molar-refractivity contribution is -0.0680. The summed E-state index contributed by atoms with van der Waals surface area (Å²) >= 11 is 0. The molecule has 1 aliphatic rings. The molecule has 0 aliphatic carbocycles. The Morgan fingerprint density at radius 1 is 0.824 bits per heavy atom. The predicted octanol–water partition coefficient (Wildman–Crippen LogP) is 3.64. The van der Waals surface area contributed by atoms with Crippen molar-refractivity contribution in [2.75, 3.05) is 0 Å². The maximum absolute atomic E-state index is 5.90. The topological polar surface area (TPSA) is 18.5 Å². The van der Waals surface area contributed by atoms with Gasteiger partial charge in [0, 0.05) is 12.5 Å². The van der Waals surface area contributed by atoms with Crippen LogP contribution < -0.4 is 9.47 Å². The van der Waals surface area contributed by atoms with Crippen molar-refractivity contribution in [1.29, 1.82) is 0 Å². The maximum Gasteiger partial charge on any atom is 0.275 e. The molecule has 2 nitrogen and oxygen atoms in total. The standard InChI is InChI=1S/C15H14O2/c1-11-7-9-12(10-8-11)15(2)16-13-5-3-4-6-14(13)17-15/h3-10H,1-2H3. The van der Waals surface area contributed by atoms with Crippen molar-refractivity contribution in [2.24, 2.45) is 0 Å². The number of benzene rings is 2. The van der Waals surface area contributed by atoms with E-state index in [0.29, 0.717) is 0 Å². The highest BCUT2D eigenvalue weighted by Gasteiger charge is 2.38. The van der Waals surface area contributed by atoms with Crippen LogP contribution in [0.5, 0.6) is 11.5 Å². The lowest BCUT2D eigenvalue weighted by Crippen LogP contribution is -2.31. The number of hydrogen-bond donors (Lipinski definition) is 0. The number of ether oxygens (including phenoxy) is 2. The fourth-order valence-electron chi connectivity index (χ4n) is 2.03. The van der Waals surface area contributed by atoms with Crippen molar-refractivity contribution >= 4 is 0 Å². The molecule has 0 N–H and O–H groups in total. The van der Waals surface area contributed by atoms with Crippen LogP contribution in [0.1, 0.15) is 18.1 Å². The molecule has 86 valence electrons. The van der Waals surface area contributed by atoms with Crippen molar-refractivity contribution in [1.82, 2.24) is 0 Å². The van der Waals surface area contributed by atoms with Gasteiger partial charge in [-0.25, -0.2) is 0 Å². The van der Waals surface area contributed by atoms with Crippen LogP contribution in [0.3, 0.4) is 0 Å². The van der Waals surface area contributed by atoms with Gasteiger partial charge in [-0.1, -0.05) is 42.0 Å². The molecule has 0 radical (unpaired) electrons. The minimum Gasteiger partial charge on any atom is -0.445 e. The Morgan fingerprint density at radius 2 is 1.35 bits per heavy atom. The number of rotatable bonds is 1. The summed E-state index contributed by atoms with van der Waals surface area (Å²) in [5.41, 5.74) is 2.26. The van der Waals surface area contributed by atoms with Crippen molar-refractivity contribution in [2.45, 2.75) is 19.6 Å². The van der Waals surface area contributed by atoms with Crippen molar-refractivity contribution in [3.8, 4) is 11.5 Å². The van der Waals surface area contributed by atoms with Gasteiger partial charge in [-0.15, -0.1) is 0 Å². The largest absolute Gasteiger partial charge is 0.445 e. The molecule has 0 spiro atoms. The second-order valence-electron chi connectivity index (χ2n) is 4.46. The summed E-state index contributed by atoms with van der Waals surface area (Å²) in [5, 5.41) is 0. The molecule has 17 heavy (non-hydrogen) atoms. The van der Waals surface area contributed by atoms with E-state index >= 15 is 0 Å². The SMILES string of the molecule is Cc1ccc(C2(C)Oc3ccccc3O2)cc1. The lowest BCUT2D eigenvalue weighted by Gasteiger charge is -2.23. The van der Waals surface area contributed by atoms with E-state index in [9.17, 15) is 0 Å². The quantitative estimate of drug-likeness (QED) is 0.739. The Balaban J connectivity index is 1.98. The van der Waals surface area contributed by atoms with E-state index in [1.165, 1.54) is 5.56 Å². The van der Waals surface area contributed by atoms with Gasteiger partial charge in [-0.2, -0.15) is 0 Å². The van der Waals surface area contributed by atoms with Crippen LogP contribution >= 0.6 is 0 Å². The minimum atomic E-state index is -0.711. The predicted molar refractivity (Wildman–Crippen MR) is 66.2 cm³/mol. The highest BCUT2D eigenvalue weighted by molar-refractivity contribution is 5.44. The highest BCUT2D eigenvalue weighted by Crippen LogP contribution is 2.43. The summed E-state index contributed by atoms with van der Waals surface area (Å²) in [6.07, 6.45) is 0. The highest BCUT2D eigenvalue weighted by atomic mass is 16.7. The first-order chi connectivity index (χ1) is 8.17. The molecule has 0 aromatic heterocycles. The molecular formula is C15H14O2. The zero-order chi connectivity index (χ0) is 11.9. The van der Waals surface area contributed by atoms with Crippen LogP contribution in [0.2, 0.25) is 0 Å². The van der Waals surface area contributed by atoms with Crippen molar-refractivity contribution < 1.29 is 9.47 Å². The average molecular weight is 226 g/mol. The van der Waals surface area contributed by atoms with E-state index in [4.69, 9.17) is 9.47 Å². The first-order valence-electron chi connectivity index (χ1n) is 5.72. The Bertz CT molecular complexity index is 518. The number of hydrogen-bond acceptors (Lipinski definition) is 2. The Labute approximate surface area is 101 Å². The van der Waals surface area contributed by atoms with E-state index in [1.807, 2.05) is 43.3 Å². The fourth-order valence-corrected chi connectivity index (χ4v) is 2.03. The molecule has 0 unspecified atom stereocenters. The van der Waals surface area contributed by atoms with Gasteiger partial charge < -0.3 is 9.47 Å². The summed E-state index contributed by atoms with van der Waals surface area (Å²) in [7, 11) is 0. The fraction of sp³-hybridized carbons (Fsp3) is 0.200. The summed E-state index contributed by atoms with van der Waals surface area (Å²) in [6.45, 7) is 4.01. The van der Waals surface area contributed by atoms with Gasteiger partial charge in [-0.3, -0.25) is 0 Å². The third kappa shape index (κ3) is 1.66. The molecular weight excluding hydrogens is 212 g/mol. The van der Waals surface area contributed by atoms with Crippen LogP contribution in [0.4, 0.5) is 0 Å². The molecule has 2 heteroatoms. The van der Waals surface area contributed by atoms with Crippen LogP contribution in [0, 0.1) is 6.92 Å². The third-order valence-electron chi connectivity index (χ3n) is 3.03. The van der Waals surface area contributed by atoms with Crippen molar-refractivity contribution in [3.63, 3.8) is 0 Å². The van der Waals surface area contributed by atoms with Crippen LogP contribution in [0.25, 0.3) is 0 Å². The zero-order valence-electron chi connectivity index (χ0n) is 9.94. The second-order valence-corrected chi connectivity index (χ2v) is 4.46. The van der Waals surface area contributed by atoms with E-state index in [0.717, 1.165) is 17.1 Å². The van der Waals surface area contributed by atoms with E-state index in [2.05, 4.69) is 19.1 Å². The monoisotopic (exact) mass is 226 g/mol. The maximum atomic E-state index is 5.90. The number of aryl methyl sites for hydroxylation is 1. The number of fused-ring (bicyclic) bond motifs is 1. The Kier molecular flexibility index (Phi) is 2.11. The summed E-state index contributed by atoms with van der Waals surface area (Å²) in [4.78, 5) is 0. The number of para-hydroxylation sites is 2. The van der Waals surface area contributed by atoms with Crippen molar-refractivity contribution in [3.05, 3.63) is 59.7 Å². The van der Waals surface area contributed by atoms with E-state index in [-0.39, 0.29) is 0 Å². The average Bonchev–Trinajstić information content (AvgIpc) is 2.67. The van der Waals surface area contributed by atoms with Gasteiger partial charge in [0.25, 0.3) is 5.79 Å². The lowest BCUT2D eigenvalue weighted by atomic mass is 10.1. The van der Waals surface area contributed by atoms with Gasteiger partial charge in [0.05, 0.1) is 0 Å². The third-order valence-corrected chi connectivity index (χ3v) is 3.03. The van der Waals surface area contributed by atoms with E-state index < -0.39 is 5.79 Å². The summed E-state index contributed by atoms with van der Waals surface area (Å²) < 4.78 is 11.8. The zero-order valence-corrected chi connectivity index (χ0v) is 9.94. The molecule has 2 aromatic carbocycles. The van der Waals surface area contributed by atoms with Gasteiger partial charge in [-0.05, 0) is 19.1 Å². The molecule has 3 rings (SSSR count). The molecule has 0 amide bonds. The molecule has 0 bridgehead atoms. The molecule has 2 aromatic rings. The van der Waals surface area contributed by atoms with Crippen LogP contribution in [-0.4, -0.2) is 0 Å². The molecule has 0 fully saturated rings. The minimum absolute atomic E-state index is 0.711. The summed E-state index contributed by atoms with van der Waals surface area (Å²) in [5.74, 6) is 0.892. The molecule has 1 heterocycles. The first kappa shape index (κ1) is 10.2. The van der Waals surface area contributed by atoms with Crippen LogP contribution in [0.15, 0.2) is 48.5 Å². The molecule has 1 aliphatic heterocycles. The molecule has 0 atom stereocenters. The van der Waals surface area contributed by atoms with Crippen LogP contribution in [-0.2, 0) is 5.79 Å².